The maximum atomic E-state index is 11.9. The molecule has 1 saturated heterocycles. The summed E-state index contributed by atoms with van der Waals surface area (Å²) in [5.74, 6) is 0. The van der Waals surface area contributed by atoms with Gasteiger partial charge >= 0.3 is 6.03 Å². The van der Waals surface area contributed by atoms with E-state index in [1.807, 2.05) is 6.07 Å². The van der Waals surface area contributed by atoms with Crippen LogP contribution in [0.2, 0.25) is 0 Å². The van der Waals surface area contributed by atoms with Crippen molar-refractivity contribution in [3.05, 3.63) is 35.9 Å². The molecule has 0 unspecified atom stereocenters. The third-order valence-corrected chi connectivity index (χ3v) is 4.64. The molecule has 5 nitrogen and oxygen atoms in total. The van der Waals surface area contributed by atoms with Gasteiger partial charge in [0.15, 0.2) is 0 Å². The summed E-state index contributed by atoms with van der Waals surface area (Å²) < 4.78 is 5.31. The molecule has 0 spiro atoms. The summed E-state index contributed by atoms with van der Waals surface area (Å²) >= 11 is 0. The van der Waals surface area contributed by atoms with Gasteiger partial charge in [-0.15, -0.1) is 0 Å². The van der Waals surface area contributed by atoms with Crippen molar-refractivity contribution in [2.24, 2.45) is 0 Å². The second kappa shape index (κ2) is 7.11. The third kappa shape index (κ3) is 3.99. The first-order valence-electron chi connectivity index (χ1n) is 8.16. The van der Waals surface area contributed by atoms with Crippen molar-refractivity contribution in [1.29, 1.82) is 0 Å². The van der Waals surface area contributed by atoms with Crippen molar-refractivity contribution in [3.63, 3.8) is 0 Å². The van der Waals surface area contributed by atoms with Gasteiger partial charge in [-0.2, -0.15) is 0 Å². The monoisotopic (exact) mass is 303 g/mol. The van der Waals surface area contributed by atoms with Crippen molar-refractivity contribution in [2.45, 2.75) is 18.3 Å². The number of hydrogen-bond donors (Lipinski definition) is 2. The van der Waals surface area contributed by atoms with Crippen molar-refractivity contribution >= 4 is 6.03 Å². The highest BCUT2D eigenvalue weighted by atomic mass is 16.5. The maximum Gasteiger partial charge on any atom is 0.314 e. The number of carbonyl (C=O) groups excluding carboxylic acids is 1. The molecule has 5 heteroatoms. The number of morpholine rings is 1. The highest BCUT2D eigenvalue weighted by molar-refractivity contribution is 5.74. The lowest BCUT2D eigenvalue weighted by atomic mass is 9.96. The molecule has 120 valence electrons. The van der Waals surface area contributed by atoms with Crippen molar-refractivity contribution in [3.8, 4) is 0 Å². The van der Waals surface area contributed by atoms with E-state index in [1.165, 1.54) is 5.56 Å². The zero-order valence-electron chi connectivity index (χ0n) is 13.0. The summed E-state index contributed by atoms with van der Waals surface area (Å²) in [7, 11) is 0. The van der Waals surface area contributed by atoms with E-state index in [1.54, 1.807) is 0 Å². The fourth-order valence-corrected chi connectivity index (χ4v) is 2.97. The lowest BCUT2D eigenvalue weighted by Gasteiger charge is -2.26. The van der Waals surface area contributed by atoms with Gasteiger partial charge in [-0.05, 0) is 18.4 Å². The molecule has 1 heterocycles. The Morgan fingerprint density at radius 3 is 2.55 bits per heavy atom. The molecule has 22 heavy (non-hydrogen) atoms. The molecular weight excluding hydrogens is 278 g/mol. The van der Waals surface area contributed by atoms with Gasteiger partial charge in [0.25, 0.3) is 0 Å². The molecular formula is C17H25N3O2. The van der Waals surface area contributed by atoms with E-state index in [2.05, 4.69) is 39.8 Å². The van der Waals surface area contributed by atoms with E-state index in [4.69, 9.17) is 4.74 Å². The molecule has 0 bridgehead atoms. The van der Waals surface area contributed by atoms with Crippen LogP contribution in [-0.2, 0) is 10.2 Å². The molecule has 2 amide bonds. The molecule has 2 fully saturated rings. The van der Waals surface area contributed by atoms with Gasteiger partial charge in [-0.1, -0.05) is 30.3 Å². The number of nitrogens with zero attached hydrogens (tertiary/aromatic N) is 1. The summed E-state index contributed by atoms with van der Waals surface area (Å²) in [5, 5.41) is 5.98. The van der Waals surface area contributed by atoms with Crippen LogP contribution in [0, 0.1) is 0 Å². The van der Waals surface area contributed by atoms with Gasteiger partial charge in [-0.3, -0.25) is 4.90 Å². The van der Waals surface area contributed by atoms with Crippen LogP contribution < -0.4 is 10.6 Å². The Labute approximate surface area is 132 Å². The van der Waals surface area contributed by atoms with E-state index >= 15 is 0 Å². The van der Waals surface area contributed by atoms with Crippen LogP contribution in [0.25, 0.3) is 0 Å². The summed E-state index contributed by atoms with van der Waals surface area (Å²) in [5.41, 5.74) is 1.51. The standard InChI is InChI=1S/C17H25N3O2/c21-16(18-8-9-20-10-12-22-13-11-20)19-14-17(6-7-17)15-4-2-1-3-5-15/h1-5H,6-14H2,(H2,18,19,21). The SMILES string of the molecule is O=C(NCCN1CCOCC1)NCC1(c2ccccc2)CC1. The van der Waals surface area contributed by atoms with E-state index in [0.717, 1.165) is 52.2 Å². The van der Waals surface area contributed by atoms with Gasteiger partial charge in [0, 0.05) is 38.1 Å². The number of benzene rings is 1. The average molecular weight is 303 g/mol. The number of ether oxygens (including phenoxy) is 1. The van der Waals surface area contributed by atoms with Gasteiger partial charge in [0.2, 0.25) is 0 Å². The molecule has 1 aromatic rings. The Hall–Kier alpha value is -1.59. The highest BCUT2D eigenvalue weighted by Crippen LogP contribution is 2.47. The second-order valence-corrected chi connectivity index (χ2v) is 6.21. The normalized spacial score (nSPS) is 20.4. The Morgan fingerprint density at radius 1 is 1.14 bits per heavy atom. The molecule has 1 aliphatic heterocycles. The number of urea groups is 1. The third-order valence-electron chi connectivity index (χ3n) is 4.64. The molecule has 3 rings (SSSR count). The minimum Gasteiger partial charge on any atom is -0.379 e. The van der Waals surface area contributed by atoms with Crippen molar-refractivity contribution in [1.82, 2.24) is 15.5 Å². The first kappa shape index (κ1) is 15.3. The second-order valence-electron chi connectivity index (χ2n) is 6.21. The molecule has 1 aliphatic carbocycles. The molecule has 1 aromatic carbocycles. The quantitative estimate of drug-likeness (QED) is 0.834. The van der Waals surface area contributed by atoms with Gasteiger partial charge in [-0.25, -0.2) is 4.79 Å². The van der Waals surface area contributed by atoms with Crippen molar-refractivity contribution < 1.29 is 9.53 Å². The lowest BCUT2D eigenvalue weighted by molar-refractivity contribution is 0.0387. The molecule has 2 N–H and O–H groups in total. The summed E-state index contributed by atoms with van der Waals surface area (Å²) in [6.45, 7) is 5.81. The largest absolute Gasteiger partial charge is 0.379 e. The predicted octanol–water partition coefficient (Wildman–Crippen LogP) is 1.35. The Balaban J connectivity index is 1.36. The van der Waals surface area contributed by atoms with Crippen LogP contribution in [0.5, 0.6) is 0 Å². The van der Waals surface area contributed by atoms with Crippen LogP contribution >= 0.6 is 0 Å². The minimum atomic E-state index is -0.0598. The van der Waals surface area contributed by atoms with Crippen molar-refractivity contribution in [2.75, 3.05) is 45.9 Å². The number of carbonyl (C=O) groups is 1. The van der Waals surface area contributed by atoms with Gasteiger partial charge < -0.3 is 15.4 Å². The zero-order valence-corrected chi connectivity index (χ0v) is 13.0. The summed E-state index contributed by atoms with van der Waals surface area (Å²) in [6, 6.07) is 10.4. The number of nitrogens with one attached hydrogen (secondary N) is 2. The number of hydrogen-bond acceptors (Lipinski definition) is 3. The fourth-order valence-electron chi connectivity index (χ4n) is 2.97. The molecule has 0 aromatic heterocycles. The maximum absolute atomic E-state index is 11.9. The Morgan fingerprint density at radius 2 is 1.86 bits per heavy atom. The summed E-state index contributed by atoms with van der Waals surface area (Å²) in [6.07, 6.45) is 2.32. The first-order valence-corrected chi connectivity index (χ1v) is 8.16. The van der Waals surface area contributed by atoms with Gasteiger partial charge in [0.1, 0.15) is 0 Å². The van der Waals surface area contributed by atoms with Crippen LogP contribution in [0.15, 0.2) is 30.3 Å². The first-order chi connectivity index (χ1) is 10.8. The van der Waals surface area contributed by atoms with E-state index in [0.29, 0.717) is 6.54 Å². The predicted molar refractivity (Wildman–Crippen MR) is 86.0 cm³/mol. The topological polar surface area (TPSA) is 53.6 Å². The van der Waals surface area contributed by atoms with Gasteiger partial charge in [0.05, 0.1) is 13.2 Å². The smallest absolute Gasteiger partial charge is 0.314 e. The fraction of sp³-hybridized carbons (Fsp3) is 0.588. The highest BCUT2D eigenvalue weighted by Gasteiger charge is 2.44. The zero-order chi connectivity index (χ0) is 15.3. The summed E-state index contributed by atoms with van der Waals surface area (Å²) in [4.78, 5) is 14.2. The Kier molecular flexibility index (Phi) is 4.95. The van der Waals surface area contributed by atoms with Crippen LogP contribution in [0.4, 0.5) is 4.79 Å². The molecule has 1 saturated carbocycles. The van der Waals surface area contributed by atoms with Crippen LogP contribution in [-0.4, -0.2) is 56.9 Å². The Bertz CT molecular complexity index is 482. The lowest BCUT2D eigenvalue weighted by Crippen LogP contribution is -2.45. The molecule has 0 radical (unpaired) electrons. The van der Waals surface area contributed by atoms with Crippen LogP contribution in [0.1, 0.15) is 18.4 Å². The van der Waals surface area contributed by atoms with Crippen LogP contribution in [0.3, 0.4) is 0 Å². The number of rotatable bonds is 6. The number of amides is 2. The average Bonchev–Trinajstić information content (AvgIpc) is 3.36. The van der Waals surface area contributed by atoms with E-state index < -0.39 is 0 Å². The minimum absolute atomic E-state index is 0.0598. The van der Waals surface area contributed by atoms with E-state index in [-0.39, 0.29) is 11.4 Å². The van der Waals surface area contributed by atoms with E-state index in [9.17, 15) is 4.79 Å². The molecule has 2 aliphatic rings. The molecule has 0 atom stereocenters.